The second kappa shape index (κ2) is 6.07. The van der Waals surface area contributed by atoms with Crippen LogP contribution in [0.5, 0.6) is 0 Å². The highest BCUT2D eigenvalue weighted by Gasteiger charge is 2.21. The molecule has 0 saturated heterocycles. The molecule has 6 nitrogen and oxygen atoms in total. The molecule has 1 aromatic rings. The summed E-state index contributed by atoms with van der Waals surface area (Å²) in [5, 5.41) is 21.7. The molecule has 0 saturated carbocycles. The maximum atomic E-state index is 13.5. The number of nitro groups is 1. The van der Waals surface area contributed by atoms with E-state index in [4.69, 9.17) is 5.11 Å². The molecule has 1 aromatic carbocycles. The predicted octanol–water partition coefficient (Wildman–Crippen LogP) is 2.54. The average Bonchev–Trinajstić information content (AvgIpc) is 2.29. The zero-order valence-electron chi connectivity index (χ0n) is 10.0. The summed E-state index contributed by atoms with van der Waals surface area (Å²) in [6.45, 7) is 1.55. The van der Waals surface area contributed by atoms with Crippen LogP contribution in [-0.4, -0.2) is 22.0 Å². The summed E-state index contributed by atoms with van der Waals surface area (Å²) in [5.41, 5.74) is -1.16. The minimum atomic E-state index is -1.09. The van der Waals surface area contributed by atoms with Gasteiger partial charge in [0.05, 0.1) is 11.0 Å². The quantitative estimate of drug-likeness (QED) is 0.614. The van der Waals surface area contributed by atoms with E-state index in [9.17, 15) is 23.7 Å². The molecule has 0 aromatic heterocycles. The molecule has 0 aliphatic heterocycles. The number of benzene rings is 1. The van der Waals surface area contributed by atoms with Crippen LogP contribution in [0.4, 0.5) is 20.2 Å². The number of rotatable bonds is 6. The first-order chi connectivity index (χ1) is 8.81. The van der Waals surface area contributed by atoms with Crippen molar-refractivity contribution in [2.45, 2.75) is 25.8 Å². The molecule has 1 atom stereocenters. The largest absolute Gasteiger partial charge is 0.481 e. The molecule has 0 radical (unpaired) electrons. The van der Waals surface area contributed by atoms with Crippen LogP contribution in [0.3, 0.4) is 0 Å². The summed E-state index contributed by atoms with van der Waals surface area (Å²) >= 11 is 0. The van der Waals surface area contributed by atoms with Gasteiger partial charge in [0.15, 0.2) is 5.82 Å². The van der Waals surface area contributed by atoms with Crippen molar-refractivity contribution in [3.63, 3.8) is 0 Å². The van der Waals surface area contributed by atoms with E-state index < -0.39 is 39.9 Å². The summed E-state index contributed by atoms with van der Waals surface area (Å²) in [6.07, 6.45) is -0.00587. The first kappa shape index (κ1) is 14.8. The molecule has 104 valence electrons. The number of nitro benzene ring substituents is 1. The van der Waals surface area contributed by atoms with Crippen LogP contribution >= 0.6 is 0 Å². The molecule has 8 heteroatoms. The molecule has 0 aliphatic carbocycles. The molecule has 2 N–H and O–H groups in total. The third kappa shape index (κ3) is 4.16. The Morgan fingerprint density at radius 3 is 2.68 bits per heavy atom. The van der Waals surface area contributed by atoms with Gasteiger partial charge in [0.25, 0.3) is 5.69 Å². The van der Waals surface area contributed by atoms with E-state index in [1.54, 1.807) is 6.92 Å². The molecular formula is C11H12F2N2O4. The van der Waals surface area contributed by atoms with Gasteiger partial charge in [-0.05, 0) is 13.3 Å². The summed E-state index contributed by atoms with van der Waals surface area (Å²) in [4.78, 5) is 20.2. The maximum absolute atomic E-state index is 13.5. The predicted molar refractivity (Wildman–Crippen MR) is 63.0 cm³/mol. The van der Waals surface area contributed by atoms with E-state index in [0.717, 1.165) is 0 Å². The second-order valence-electron chi connectivity index (χ2n) is 4.02. The summed E-state index contributed by atoms with van der Waals surface area (Å²) in [5.74, 6) is -3.16. The van der Waals surface area contributed by atoms with Crippen LogP contribution < -0.4 is 5.32 Å². The van der Waals surface area contributed by atoms with Crippen LogP contribution in [0.1, 0.15) is 19.8 Å². The SMILES string of the molecule is CC(CCC(=O)O)Nc1c(F)cc(F)cc1[N+](=O)[O-]. The fourth-order valence-corrected chi connectivity index (χ4v) is 1.51. The van der Waals surface area contributed by atoms with Crippen LogP contribution in [-0.2, 0) is 4.79 Å². The van der Waals surface area contributed by atoms with Crippen LogP contribution in [0.15, 0.2) is 12.1 Å². The lowest BCUT2D eigenvalue weighted by Crippen LogP contribution is -2.18. The molecule has 0 fully saturated rings. The van der Waals surface area contributed by atoms with Crippen molar-refractivity contribution in [2.75, 3.05) is 5.32 Å². The van der Waals surface area contributed by atoms with Crippen LogP contribution in [0.2, 0.25) is 0 Å². The Balaban J connectivity index is 2.93. The van der Waals surface area contributed by atoms with Crippen molar-refractivity contribution >= 4 is 17.3 Å². The fourth-order valence-electron chi connectivity index (χ4n) is 1.51. The minimum Gasteiger partial charge on any atom is -0.481 e. The van der Waals surface area contributed by atoms with Gasteiger partial charge in [0, 0.05) is 18.5 Å². The highest BCUT2D eigenvalue weighted by atomic mass is 19.1. The van der Waals surface area contributed by atoms with Gasteiger partial charge in [-0.25, -0.2) is 8.78 Å². The lowest BCUT2D eigenvalue weighted by Gasteiger charge is -2.14. The number of carboxylic acids is 1. The van der Waals surface area contributed by atoms with Gasteiger partial charge in [-0.15, -0.1) is 0 Å². The van der Waals surface area contributed by atoms with E-state index in [1.165, 1.54) is 0 Å². The van der Waals surface area contributed by atoms with Gasteiger partial charge in [0.1, 0.15) is 11.5 Å². The molecule has 0 heterocycles. The molecule has 19 heavy (non-hydrogen) atoms. The Morgan fingerprint density at radius 2 is 2.16 bits per heavy atom. The third-order valence-corrected chi connectivity index (χ3v) is 2.41. The number of aliphatic carboxylic acids is 1. The number of hydrogen-bond donors (Lipinski definition) is 2. The molecule has 0 amide bonds. The number of carbonyl (C=O) groups is 1. The number of carboxylic acid groups (broad SMARTS) is 1. The van der Waals surface area contributed by atoms with Crippen LogP contribution in [0.25, 0.3) is 0 Å². The topological polar surface area (TPSA) is 92.5 Å². The molecular weight excluding hydrogens is 262 g/mol. The Kier molecular flexibility index (Phi) is 4.74. The monoisotopic (exact) mass is 274 g/mol. The van der Waals surface area contributed by atoms with Gasteiger partial charge < -0.3 is 10.4 Å². The number of halogens is 2. The Bertz CT molecular complexity index is 508. The lowest BCUT2D eigenvalue weighted by molar-refractivity contribution is -0.384. The van der Waals surface area contributed by atoms with Crippen molar-refractivity contribution < 1.29 is 23.6 Å². The van der Waals surface area contributed by atoms with E-state index >= 15 is 0 Å². The summed E-state index contributed by atoms with van der Waals surface area (Å²) in [7, 11) is 0. The van der Waals surface area contributed by atoms with Gasteiger partial charge in [0.2, 0.25) is 0 Å². The van der Waals surface area contributed by atoms with Gasteiger partial charge in [-0.1, -0.05) is 0 Å². The van der Waals surface area contributed by atoms with Crippen molar-refractivity contribution in [1.29, 1.82) is 0 Å². The first-order valence-corrected chi connectivity index (χ1v) is 5.43. The van der Waals surface area contributed by atoms with Crippen molar-refractivity contribution in [2.24, 2.45) is 0 Å². The number of anilines is 1. The van der Waals surface area contributed by atoms with Crippen molar-refractivity contribution in [3.8, 4) is 0 Å². The molecule has 1 rings (SSSR count). The minimum absolute atomic E-state index is 0.156. The molecule has 0 spiro atoms. The highest BCUT2D eigenvalue weighted by Crippen LogP contribution is 2.29. The Hall–Kier alpha value is -2.25. The lowest BCUT2D eigenvalue weighted by atomic mass is 10.1. The highest BCUT2D eigenvalue weighted by molar-refractivity contribution is 5.67. The Morgan fingerprint density at radius 1 is 1.53 bits per heavy atom. The van der Waals surface area contributed by atoms with E-state index in [0.29, 0.717) is 12.1 Å². The van der Waals surface area contributed by atoms with Crippen molar-refractivity contribution in [1.82, 2.24) is 0 Å². The fraction of sp³-hybridized carbons (Fsp3) is 0.364. The standard InChI is InChI=1S/C11H12F2N2O4/c1-6(2-3-10(16)17)14-11-8(13)4-7(12)5-9(11)15(18)19/h4-6,14H,2-3H2,1H3,(H,16,17). The van der Waals surface area contributed by atoms with E-state index in [-0.39, 0.29) is 12.8 Å². The number of nitrogens with zero attached hydrogens (tertiary/aromatic N) is 1. The molecule has 1 unspecified atom stereocenters. The van der Waals surface area contributed by atoms with Gasteiger partial charge >= 0.3 is 5.97 Å². The Labute approximate surface area is 107 Å². The van der Waals surface area contributed by atoms with Gasteiger partial charge in [-0.3, -0.25) is 14.9 Å². The second-order valence-corrected chi connectivity index (χ2v) is 4.02. The zero-order chi connectivity index (χ0) is 14.6. The number of hydrogen-bond acceptors (Lipinski definition) is 4. The van der Waals surface area contributed by atoms with Gasteiger partial charge in [-0.2, -0.15) is 0 Å². The third-order valence-electron chi connectivity index (χ3n) is 2.41. The average molecular weight is 274 g/mol. The molecule has 0 bridgehead atoms. The maximum Gasteiger partial charge on any atom is 0.303 e. The van der Waals surface area contributed by atoms with E-state index in [2.05, 4.69) is 5.32 Å². The van der Waals surface area contributed by atoms with E-state index in [1.807, 2.05) is 0 Å². The normalized spacial score (nSPS) is 11.9. The summed E-state index contributed by atoms with van der Waals surface area (Å²) in [6, 6.07) is 0.629. The molecule has 0 aliphatic rings. The number of nitrogens with one attached hydrogen (secondary N) is 1. The zero-order valence-corrected chi connectivity index (χ0v) is 10.0. The summed E-state index contributed by atoms with van der Waals surface area (Å²) < 4.78 is 26.4. The van der Waals surface area contributed by atoms with Crippen LogP contribution in [0, 0.1) is 21.7 Å². The van der Waals surface area contributed by atoms with Crippen molar-refractivity contribution in [3.05, 3.63) is 33.9 Å². The first-order valence-electron chi connectivity index (χ1n) is 5.43. The smallest absolute Gasteiger partial charge is 0.303 e.